The summed E-state index contributed by atoms with van der Waals surface area (Å²) < 4.78 is 1.59. The number of hydrogen-bond acceptors (Lipinski definition) is 5. The molecule has 1 aliphatic heterocycles. The van der Waals surface area contributed by atoms with Gasteiger partial charge in [-0.25, -0.2) is 0 Å². The molecule has 1 fully saturated rings. The molecule has 1 aromatic heterocycles. The second kappa shape index (κ2) is 5.01. The number of carboxylic acids is 1. The van der Waals surface area contributed by atoms with Crippen LogP contribution in [0, 0.1) is 0 Å². The van der Waals surface area contributed by atoms with Gasteiger partial charge in [0.15, 0.2) is 5.82 Å². The van der Waals surface area contributed by atoms with Crippen LogP contribution in [0.15, 0.2) is 30.3 Å². The Labute approximate surface area is 115 Å². The van der Waals surface area contributed by atoms with Gasteiger partial charge in [0.25, 0.3) is 0 Å². The summed E-state index contributed by atoms with van der Waals surface area (Å²) in [6.45, 7) is 0.708. The lowest BCUT2D eigenvalue weighted by atomic mass is 9.93. The average molecular weight is 273 g/mol. The molecule has 20 heavy (non-hydrogen) atoms. The number of carbonyl (C=O) groups is 1. The molecule has 2 N–H and O–H groups in total. The van der Waals surface area contributed by atoms with Gasteiger partial charge in [-0.2, -0.15) is 4.68 Å². The minimum atomic E-state index is -0.957. The predicted molar refractivity (Wildman–Crippen MR) is 70.5 cm³/mol. The van der Waals surface area contributed by atoms with E-state index in [0.29, 0.717) is 18.8 Å². The summed E-state index contributed by atoms with van der Waals surface area (Å²) in [6.07, 6.45) is 1.70. The molecule has 1 unspecified atom stereocenters. The van der Waals surface area contributed by atoms with Crippen molar-refractivity contribution in [3.8, 4) is 5.69 Å². The number of hydrogen-bond donors (Lipinski definition) is 2. The molecule has 2 heterocycles. The first-order chi connectivity index (χ1) is 9.71. The molecule has 0 aliphatic carbocycles. The molecule has 1 aliphatic rings. The SMILES string of the molecule is O=C(O)C1(Cc2nnnn2-c2ccccc2)CCCN1. The van der Waals surface area contributed by atoms with E-state index in [2.05, 4.69) is 20.8 Å². The van der Waals surface area contributed by atoms with E-state index < -0.39 is 11.5 Å². The maximum atomic E-state index is 11.6. The zero-order valence-electron chi connectivity index (χ0n) is 10.9. The van der Waals surface area contributed by atoms with E-state index in [4.69, 9.17) is 0 Å². The lowest BCUT2D eigenvalue weighted by Gasteiger charge is -2.23. The van der Waals surface area contributed by atoms with Crippen LogP contribution in [0.5, 0.6) is 0 Å². The van der Waals surface area contributed by atoms with Crippen molar-refractivity contribution in [2.24, 2.45) is 0 Å². The number of nitrogens with one attached hydrogen (secondary N) is 1. The summed E-state index contributed by atoms with van der Waals surface area (Å²) in [7, 11) is 0. The molecule has 0 bridgehead atoms. The van der Waals surface area contributed by atoms with Gasteiger partial charge in [0.05, 0.1) is 5.69 Å². The van der Waals surface area contributed by atoms with Crippen molar-refractivity contribution in [3.05, 3.63) is 36.2 Å². The molecule has 104 valence electrons. The van der Waals surface area contributed by atoms with E-state index in [0.717, 1.165) is 12.1 Å². The highest BCUT2D eigenvalue weighted by atomic mass is 16.4. The third-order valence-electron chi connectivity index (χ3n) is 3.65. The van der Waals surface area contributed by atoms with Crippen LogP contribution in [0.2, 0.25) is 0 Å². The van der Waals surface area contributed by atoms with Gasteiger partial charge >= 0.3 is 5.97 Å². The normalized spacial score (nSPS) is 22.0. The standard InChI is InChI=1S/C13H15N5O2/c19-12(20)13(7-4-8-14-13)9-11-15-16-17-18(11)10-5-2-1-3-6-10/h1-3,5-6,14H,4,7-9H2,(H,19,20). The molecule has 2 aromatic rings. The van der Waals surface area contributed by atoms with Crippen molar-refractivity contribution in [2.75, 3.05) is 6.54 Å². The Hall–Kier alpha value is -2.28. The zero-order chi connectivity index (χ0) is 14.0. The van der Waals surface area contributed by atoms with Crippen LogP contribution in [0.1, 0.15) is 18.7 Å². The Morgan fingerprint density at radius 2 is 2.20 bits per heavy atom. The van der Waals surface area contributed by atoms with Crippen LogP contribution < -0.4 is 5.32 Å². The van der Waals surface area contributed by atoms with Crippen molar-refractivity contribution in [3.63, 3.8) is 0 Å². The molecule has 1 saturated heterocycles. The third-order valence-corrected chi connectivity index (χ3v) is 3.65. The Balaban J connectivity index is 1.93. The van der Waals surface area contributed by atoms with Crippen LogP contribution in [0.3, 0.4) is 0 Å². The highest BCUT2D eigenvalue weighted by Gasteiger charge is 2.42. The Morgan fingerprint density at radius 3 is 2.85 bits per heavy atom. The second-order valence-corrected chi connectivity index (χ2v) is 4.94. The molecular formula is C13H15N5O2. The third kappa shape index (κ3) is 2.16. The molecular weight excluding hydrogens is 258 g/mol. The van der Waals surface area contributed by atoms with Crippen LogP contribution in [0.4, 0.5) is 0 Å². The second-order valence-electron chi connectivity index (χ2n) is 4.94. The lowest BCUT2D eigenvalue weighted by molar-refractivity contribution is -0.144. The van der Waals surface area contributed by atoms with Gasteiger partial charge in [-0.3, -0.25) is 4.79 Å². The number of aliphatic carboxylic acids is 1. The number of carboxylic acid groups (broad SMARTS) is 1. The van der Waals surface area contributed by atoms with Crippen LogP contribution in [0.25, 0.3) is 5.69 Å². The number of nitrogens with zero attached hydrogens (tertiary/aromatic N) is 4. The molecule has 0 radical (unpaired) electrons. The first kappa shape index (κ1) is 12.7. The van der Waals surface area contributed by atoms with Crippen molar-refractivity contribution < 1.29 is 9.90 Å². The minimum absolute atomic E-state index is 0.268. The fourth-order valence-electron chi connectivity index (χ4n) is 2.57. The summed E-state index contributed by atoms with van der Waals surface area (Å²) in [5, 5.41) is 24.2. The van der Waals surface area contributed by atoms with Gasteiger partial charge in [-0.15, -0.1) is 5.10 Å². The number of benzene rings is 1. The maximum absolute atomic E-state index is 11.6. The van der Waals surface area contributed by atoms with E-state index in [9.17, 15) is 9.90 Å². The number of rotatable bonds is 4. The van der Waals surface area contributed by atoms with E-state index in [-0.39, 0.29) is 6.42 Å². The van der Waals surface area contributed by atoms with E-state index in [1.54, 1.807) is 4.68 Å². The van der Waals surface area contributed by atoms with Crippen molar-refractivity contribution in [2.45, 2.75) is 24.8 Å². The maximum Gasteiger partial charge on any atom is 0.324 e. The van der Waals surface area contributed by atoms with Crippen molar-refractivity contribution in [1.82, 2.24) is 25.5 Å². The van der Waals surface area contributed by atoms with Gasteiger partial charge < -0.3 is 10.4 Å². The number of tetrazole rings is 1. The average Bonchev–Trinajstić information content (AvgIpc) is 3.10. The van der Waals surface area contributed by atoms with Crippen LogP contribution in [-0.4, -0.2) is 43.4 Å². The Kier molecular flexibility index (Phi) is 3.19. The largest absolute Gasteiger partial charge is 0.480 e. The molecule has 1 aromatic carbocycles. The van der Waals surface area contributed by atoms with Gasteiger partial charge in [0.1, 0.15) is 5.54 Å². The van der Waals surface area contributed by atoms with Gasteiger partial charge in [-0.1, -0.05) is 18.2 Å². The van der Waals surface area contributed by atoms with Crippen molar-refractivity contribution >= 4 is 5.97 Å². The molecule has 0 amide bonds. The monoisotopic (exact) mass is 273 g/mol. The van der Waals surface area contributed by atoms with Crippen LogP contribution in [-0.2, 0) is 11.2 Å². The first-order valence-electron chi connectivity index (χ1n) is 6.52. The van der Waals surface area contributed by atoms with E-state index in [1.165, 1.54) is 0 Å². The highest BCUT2D eigenvalue weighted by molar-refractivity contribution is 5.79. The predicted octanol–water partition coefficient (Wildman–Crippen LogP) is 0.412. The van der Waals surface area contributed by atoms with Gasteiger partial charge in [0.2, 0.25) is 0 Å². The molecule has 3 rings (SSSR count). The fraction of sp³-hybridized carbons (Fsp3) is 0.385. The highest BCUT2D eigenvalue weighted by Crippen LogP contribution is 2.24. The molecule has 0 saturated carbocycles. The zero-order valence-corrected chi connectivity index (χ0v) is 10.9. The topological polar surface area (TPSA) is 92.9 Å². The van der Waals surface area contributed by atoms with Crippen LogP contribution >= 0.6 is 0 Å². The molecule has 7 heteroatoms. The summed E-state index contributed by atoms with van der Waals surface area (Å²) in [4.78, 5) is 11.6. The Bertz CT molecular complexity index is 604. The minimum Gasteiger partial charge on any atom is -0.480 e. The Morgan fingerprint density at radius 1 is 1.40 bits per heavy atom. The van der Waals surface area contributed by atoms with E-state index in [1.807, 2.05) is 30.3 Å². The van der Waals surface area contributed by atoms with Gasteiger partial charge in [-0.05, 0) is 41.9 Å². The summed E-state index contributed by atoms with van der Waals surface area (Å²) in [6, 6.07) is 9.46. The molecule has 0 spiro atoms. The van der Waals surface area contributed by atoms with Gasteiger partial charge in [0, 0.05) is 6.42 Å². The lowest BCUT2D eigenvalue weighted by Crippen LogP contribution is -2.50. The summed E-state index contributed by atoms with van der Waals surface area (Å²) >= 11 is 0. The van der Waals surface area contributed by atoms with E-state index >= 15 is 0 Å². The smallest absolute Gasteiger partial charge is 0.324 e. The fourth-order valence-corrected chi connectivity index (χ4v) is 2.57. The summed E-state index contributed by atoms with van der Waals surface area (Å²) in [5.41, 5.74) is -0.132. The quantitative estimate of drug-likeness (QED) is 0.838. The molecule has 1 atom stereocenters. The van der Waals surface area contributed by atoms with Crippen molar-refractivity contribution in [1.29, 1.82) is 0 Å². The first-order valence-corrected chi connectivity index (χ1v) is 6.52. The summed E-state index contributed by atoms with van der Waals surface area (Å²) in [5.74, 6) is -0.300. The number of para-hydroxylation sites is 1. The molecule has 7 nitrogen and oxygen atoms in total. The number of aromatic nitrogens is 4.